The molecule has 0 aromatic carbocycles. The SMILES string of the molecule is CCc1cnnn1C1CCCNCC1. The molecule has 1 atom stereocenters. The summed E-state index contributed by atoms with van der Waals surface area (Å²) in [7, 11) is 0. The zero-order valence-corrected chi connectivity index (χ0v) is 8.74. The van der Waals surface area contributed by atoms with Gasteiger partial charge in [0.25, 0.3) is 0 Å². The maximum Gasteiger partial charge on any atom is 0.0725 e. The van der Waals surface area contributed by atoms with E-state index in [4.69, 9.17) is 0 Å². The molecule has 0 aliphatic carbocycles. The molecule has 0 radical (unpaired) electrons. The van der Waals surface area contributed by atoms with Gasteiger partial charge in [-0.25, -0.2) is 4.68 Å². The van der Waals surface area contributed by atoms with E-state index in [1.54, 1.807) is 0 Å². The Morgan fingerprint density at radius 1 is 1.50 bits per heavy atom. The van der Waals surface area contributed by atoms with Crippen molar-refractivity contribution >= 4 is 0 Å². The lowest BCUT2D eigenvalue weighted by Gasteiger charge is -2.15. The van der Waals surface area contributed by atoms with Gasteiger partial charge < -0.3 is 5.32 Å². The van der Waals surface area contributed by atoms with Gasteiger partial charge in [-0.1, -0.05) is 12.1 Å². The second-order valence-electron chi connectivity index (χ2n) is 3.86. The molecule has 1 aromatic rings. The normalized spacial score (nSPS) is 23.4. The van der Waals surface area contributed by atoms with Gasteiger partial charge in [-0.2, -0.15) is 0 Å². The Labute approximate surface area is 84.7 Å². The molecule has 2 heterocycles. The van der Waals surface area contributed by atoms with Crippen molar-refractivity contribution in [2.75, 3.05) is 13.1 Å². The van der Waals surface area contributed by atoms with Crippen molar-refractivity contribution in [3.05, 3.63) is 11.9 Å². The summed E-state index contributed by atoms with van der Waals surface area (Å²) >= 11 is 0. The lowest BCUT2D eigenvalue weighted by Crippen LogP contribution is -2.17. The number of hydrogen-bond donors (Lipinski definition) is 1. The van der Waals surface area contributed by atoms with Gasteiger partial charge in [0.1, 0.15) is 0 Å². The van der Waals surface area contributed by atoms with Gasteiger partial charge in [0.15, 0.2) is 0 Å². The third kappa shape index (κ3) is 1.95. The molecule has 0 bridgehead atoms. The van der Waals surface area contributed by atoms with Gasteiger partial charge in [0.05, 0.1) is 17.9 Å². The van der Waals surface area contributed by atoms with Crippen molar-refractivity contribution in [2.45, 2.75) is 38.6 Å². The van der Waals surface area contributed by atoms with Crippen molar-refractivity contribution in [3.63, 3.8) is 0 Å². The van der Waals surface area contributed by atoms with E-state index in [2.05, 4.69) is 27.2 Å². The predicted molar refractivity (Wildman–Crippen MR) is 55.2 cm³/mol. The van der Waals surface area contributed by atoms with Crippen LogP contribution in [-0.4, -0.2) is 28.1 Å². The standard InChI is InChI=1S/C10H18N4/c1-2-9-8-12-13-14(9)10-4-3-6-11-7-5-10/h8,10-11H,2-7H2,1H3. The van der Waals surface area contributed by atoms with Gasteiger partial charge >= 0.3 is 0 Å². The summed E-state index contributed by atoms with van der Waals surface area (Å²) in [5.41, 5.74) is 1.26. The number of nitrogens with zero attached hydrogens (tertiary/aromatic N) is 3. The van der Waals surface area contributed by atoms with Crippen molar-refractivity contribution < 1.29 is 0 Å². The molecule has 4 heteroatoms. The second kappa shape index (κ2) is 4.55. The second-order valence-corrected chi connectivity index (χ2v) is 3.86. The van der Waals surface area contributed by atoms with Crippen LogP contribution in [0.2, 0.25) is 0 Å². The molecular weight excluding hydrogens is 176 g/mol. The van der Waals surface area contributed by atoms with Crippen LogP contribution in [0.4, 0.5) is 0 Å². The zero-order valence-electron chi connectivity index (χ0n) is 8.74. The zero-order chi connectivity index (χ0) is 9.80. The van der Waals surface area contributed by atoms with Crippen LogP contribution in [0.25, 0.3) is 0 Å². The van der Waals surface area contributed by atoms with Crippen LogP contribution in [0.3, 0.4) is 0 Å². The topological polar surface area (TPSA) is 42.7 Å². The summed E-state index contributed by atoms with van der Waals surface area (Å²) in [4.78, 5) is 0. The molecule has 0 spiro atoms. The Bertz CT molecular complexity index is 273. The smallest absolute Gasteiger partial charge is 0.0725 e. The quantitative estimate of drug-likeness (QED) is 0.768. The molecule has 1 N–H and O–H groups in total. The van der Waals surface area contributed by atoms with E-state index in [9.17, 15) is 0 Å². The van der Waals surface area contributed by atoms with Crippen molar-refractivity contribution in [3.8, 4) is 0 Å². The summed E-state index contributed by atoms with van der Waals surface area (Å²) in [5.74, 6) is 0. The first kappa shape index (κ1) is 9.65. The summed E-state index contributed by atoms with van der Waals surface area (Å²) in [6, 6.07) is 0.558. The Morgan fingerprint density at radius 3 is 3.29 bits per heavy atom. The highest BCUT2D eigenvalue weighted by atomic mass is 15.4. The first-order valence-corrected chi connectivity index (χ1v) is 5.51. The Morgan fingerprint density at radius 2 is 2.43 bits per heavy atom. The molecule has 1 unspecified atom stereocenters. The largest absolute Gasteiger partial charge is 0.317 e. The molecule has 1 fully saturated rings. The van der Waals surface area contributed by atoms with Crippen LogP contribution >= 0.6 is 0 Å². The van der Waals surface area contributed by atoms with Crippen LogP contribution in [-0.2, 0) is 6.42 Å². The number of rotatable bonds is 2. The Kier molecular flexibility index (Phi) is 3.14. The van der Waals surface area contributed by atoms with E-state index in [0.29, 0.717) is 6.04 Å². The Balaban J connectivity index is 2.11. The number of hydrogen-bond acceptors (Lipinski definition) is 3. The van der Waals surface area contributed by atoms with E-state index >= 15 is 0 Å². The van der Waals surface area contributed by atoms with Crippen LogP contribution in [0.15, 0.2) is 6.20 Å². The minimum absolute atomic E-state index is 0.558. The molecule has 1 aliphatic rings. The lowest BCUT2D eigenvalue weighted by molar-refractivity contribution is 0.394. The van der Waals surface area contributed by atoms with Crippen molar-refractivity contribution in [2.24, 2.45) is 0 Å². The molecule has 1 saturated heterocycles. The summed E-state index contributed by atoms with van der Waals surface area (Å²) < 4.78 is 2.12. The van der Waals surface area contributed by atoms with Crippen LogP contribution in [0.5, 0.6) is 0 Å². The number of aromatic nitrogens is 3. The summed E-state index contributed by atoms with van der Waals surface area (Å²) in [6.45, 7) is 4.41. The molecule has 0 amide bonds. The predicted octanol–water partition coefficient (Wildman–Crippen LogP) is 1.16. The minimum atomic E-state index is 0.558. The van der Waals surface area contributed by atoms with E-state index in [-0.39, 0.29) is 0 Å². The molecule has 1 aliphatic heterocycles. The first-order chi connectivity index (χ1) is 6.92. The number of aryl methyl sites for hydroxylation is 1. The minimum Gasteiger partial charge on any atom is -0.317 e. The van der Waals surface area contributed by atoms with Gasteiger partial charge in [0, 0.05) is 0 Å². The van der Waals surface area contributed by atoms with Gasteiger partial charge in [0.2, 0.25) is 0 Å². The van der Waals surface area contributed by atoms with E-state index in [1.807, 2.05) is 6.20 Å². The van der Waals surface area contributed by atoms with Crippen LogP contribution in [0.1, 0.15) is 37.9 Å². The van der Waals surface area contributed by atoms with Crippen LogP contribution < -0.4 is 5.32 Å². The van der Waals surface area contributed by atoms with Gasteiger partial charge in [-0.05, 0) is 38.8 Å². The molecule has 2 rings (SSSR count). The third-order valence-electron chi connectivity index (χ3n) is 2.90. The summed E-state index contributed by atoms with van der Waals surface area (Å²) in [6.07, 6.45) is 6.56. The van der Waals surface area contributed by atoms with Gasteiger partial charge in [-0.3, -0.25) is 0 Å². The van der Waals surface area contributed by atoms with E-state index < -0.39 is 0 Å². The fourth-order valence-electron chi connectivity index (χ4n) is 2.07. The van der Waals surface area contributed by atoms with Crippen molar-refractivity contribution in [1.29, 1.82) is 0 Å². The molecule has 78 valence electrons. The van der Waals surface area contributed by atoms with E-state index in [0.717, 1.165) is 19.5 Å². The molecule has 14 heavy (non-hydrogen) atoms. The van der Waals surface area contributed by atoms with Gasteiger partial charge in [-0.15, -0.1) is 5.10 Å². The highest BCUT2D eigenvalue weighted by molar-refractivity contribution is 4.95. The maximum absolute atomic E-state index is 4.19. The fraction of sp³-hybridized carbons (Fsp3) is 0.800. The maximum atomic E-state index is 4.19. The highest BCUT2D eigenvalue weighted by Crippen LogP contribution is 2.20. The molecule has 0 saturated carbocycles. The number of nitrogens with one attached hydrogen (secondary N) is 1. The van der Waals surface area contributed by atoms with Crippen LogP contribution in [0, 0.1) is 0 Å². The molecular formula is C10H18N4. The Hall–Kier alpha value is -0.900. The van der Waals surface area contributed by atoms with E-state index in [1.165, 1.54) is 25.0 Å². The molecule has 1 aromatic heterocycles. The fourth-order valence-corrected chi connectivity index (χ4v) is 2.07. The highest BCUT2D eigenvalue weighted by Gasteiger charge is 2.16. The average molecular weight is 194 g/mol. The van der Waals surface area contributed by atoms with Crippen molar-refractivity contribution in [1.82, 2.24) is 20.3 Å². The lowest BCUT2D eigenvalue weighted by atomic mass is 10.1. The first-order valence-electron chi connectivity index (χ1n) is 5.51. The monoisotopic (exact) mass is 194 g/mol. The summed E-state index contributed by atoms with van der Waals surface area (Å²) in [5, 5.41) is 11.6. The molecule has 4 nitrogen and oxygen atoms in total. The average Bonchev–Trinajstić information content (AvgIpc) is 2.52. The third-order valence-corrected chi connectivity index (χ3v) is 2.90.